The van der Waals surface area contributed by atoms with E-state index in [9.17, 15) is 0 Å². The first kappa shape index (κ1) is 12.6. The van der Waals surface area contributed by atoms with Crippen LogP contribution in [-0.2, 0) is 24.2 Å². The molecule has 2 aliphatic rings. The molecule has 1 unspecified atom stereocenters. The molecule has 2 aromatic rings. The van der Waals surface area contributed by atoms with Gasteiger partial charge in [-0.05, 0) is 11.6 Å². The van der Waals surface area contributed by atoms with Gasteiger partial charge >= 0.3 is 0 Å². The lowest BCUT2D eigenvalue weighted by molar-refractivity contribution is 0.108. The normalized spacial score (nSPS) is 19.6. The molecule has 1 N–H and O–H groups in total. The van der Waals surface area contributed by atoms with Crippen LogP contribution in [0, 0.1) is 0 Å². The van der Waals surface area contributed by atoms with Crippen molar-refractivity contribution in [3.63, 3.8) is 0 Å². The third-order valence-electron chi connectivity index (χ3n) is 4.01. The summed E-state index contributed by atoms with van der Waals surface area (Å²) in [6.45, 7) is 1.30. The van der Waals surface area contributed by atoms with Gasteiger partial charge in [-0.2, -0.15) is 0 Å². The fourth-order valence-corrected chi connectivity index (χ4v) is 2.93. The number of hydrogen-bond donors (Lipinski definition) is 1. The molecule has 0 aliphatic carbocycles. The van der Waals surface area contributed by atoms with Gasteiger partial charge in [-0.1, -0.05) is 18.2 Å². The first-order valence-corrected chi connectivity index (χ1v) is 7.25. The van der Waals surface area contributed by atoms with Crippen LogP contribution in [0.25, 0.3) is 0 Å². The lowest BCUT2D eigenvalue weighted by Crippen LogP contribution is -2.19. The molecule has 0 fully saturated rings. The largest absolute Gasteiger partial charge is 0.482 e. The number of ether oxygens (including phenoxy) is 2. The maximum Gasteiger partial charge on any atom is 0.172 e. The predicted molar refractivity (Wildman–Crippen MR) is 78.5 cm³/mol. The summed E-state index contributed by atoms with van der Waals surface area (Å²) in [5.74, 6) is 2.56. The first-order chi connectivity index (χ1) is 10.3. The van der Waals surface area contributed by atoms with E-state index in [0.717, 1.165) is 48.1 Å². The zero-order valence-electron chi connectivity index (χ0n) is 11.9. The molecule has 1 aromatic carbocycles. The molecule has 1 aromatic heterocycles. The van der Waals surface area contributed by atoms with Crippen molar-refractivity contribution in [2.75, 3.05) is 19.0 Å². The highest BCUT2D eigenvalue weighted by Gasteiger charge is 2.28. The summed E-state index contributed by atoms with van der Waals surface area (Å²) in [5, 5.41) is 3.15. The van der Waals surface area contributed by atoms with E-state index in [2.05, 4.69) is 16.4 Å². The van der Waals surface area contributed by atoms with Gasteiger partial charge in [0.15, 0.2) is 11.9 Å². The lowest BCUT2D eigenvalue weighted by atomic mass is 10.1. The van der Waals surface area contributed by atoms with E-state index in [1.807, 2.05) is 25.2 Å². The van der Waals surface area contributed by atoms with Gasteiger partial charge in [-0.3, -0.25) is 0 Å². The molecular weight excluding hydrogens is 266 g/mol. The van der Waals surface area contributed by atoms with Gasteiger partial charge in [0.1, 0.15) is 11.6 Å². The summed E-state index contributed by atoms with van der Waals surface area (Å²) in [6.07, 6.45) is 1.57. The number of fused-ring (bicyclic) bond motifs is 2. The van der Waals surface area contributed by atoms with Gasteiger partial charge in [-0.25, -0.2) is 9.97 Å². The fraction of sp³-hybridized carbons (Fsp3) is 0.375. The second kappa shape index (κ2) is 5.00. The number of aromatic nitrogens is 2. The SMILES string of the molecule is CNc1nc(C2Cc3ccccc3O2)nc2c1COCC2. The van der Waals surface area contributed by atoms with Gasteiger partial charge in [0, 0.05) is 25.5 Å². The second-order valence-corrected chi connectivity index (χ2v) is 5.33. The predicted octanol–water partition coefficient (Wildman–Crippen LogP) is 2.27. The van der Waals surface area contributed by atoms with Crippen LogP contribution >= 0.6 is 0 Å². The van der Waals surface area contributed by atoms with E-state index < -0.39 is 0 Å². The van der Waals surface area contributed by atoms with Crippen molar-refractivity contribution >= 4 is 5.82 Å². The molecule has 2 aliphatic heterocycles. The van der Waals surface area contributed by atoms with E-state index in [1.165, 1.54) is 5.56 Å². The Morgan fingerprint density at radius 2 is 2.14 bits per heavy atom. The van der Waals surface area contributed by atoms with E-state index in [4.69, 9.17) is 14.5 Å². The summed E-state index contributed by atoms with van der Waals surface area (Å²) in [6, 6.07) is 8.13. The Bertz CT molecular complexity index is 645. The molecule has 5 nitrogen and oxygen atoms in total. The minimum atomic E-state index is -0.0948. The number of hydrogen-bond acceptors (Lipinski definition) is 5. The summed E-state index contributed by atoms with van der Waals surface area (Å²) < 4.78 is 11.5. The van der Waals surface area contributed by atoms with E-state index in [0.29, 0.717) is 6.61 Å². The Balaban J connectivity index is 1.70. The highest BCUT2D eigenvalue weighted by Crippen LogP contribution is 2.36. The molecule has 108 valence electrons. The first-order valence-electron chi connectivity index (χ1n) is 7.25. The molecule has 0 bridgehead atoms. The van der Waals surface area contributed by atoms with Crippen molar-refractivity contribution in [2.45, 2.75) is 25.6 Å². The van der Waals surface area contributed by atoms with Crippen molar-refractivity contribution in [3.05, 3.63) is 46.9 Å². The van der Waals surface area contributed by atoms with Crippen molar-refractivity contribution in [2.24, 2.45) is 0 Å². The molecule has 21 heavy (non-hydrogen) atoms. The van der Waals surface area contributed by atoms with E-state index in [1.54, 1.807) is 0 Å². The van der Waals surface area contributed by atoms with Crippen molar-refractivity contribution in [3.8, 4) is 5.75 Å². The summed E-state index contributed by atoms with van der Waals surface area (Å²) >= 11 is 0. The number of benzene rings is 1. The quantitative estimate of drug-likeness (QED) is 0.916. The number of nitrogens with zero attached hydrogens (tertiary/aromatic N) is 2. The van der Waals surface area contributed by atoms with Crippen LogP contribution in [0.1, 0.15) is 28.7 Å². The van der Waals surface area contributed by atoms with Crippen molar-refractivity contribution < 1.29 is 9.47 Å². The molecule has 5 heteroatoms. The lowest BCUT2D eigenvalue weighted by Gasteiger charge is -2.20. The third-order valence-corrected chi connectivity index (χ3v) is 4.01. The Hall–Kier alpha value is -2.14. The minimum Gasteiger partial charge on any atom is -0.482 e. The topological polar surface area (TPSA) is 56.3 Å². The maximum atomic E-state index is 6.00. The zero-order chi connectivity index (χ0) is 14.2. The monoisotopic (exact) mass is 283 g/mol. The number of anilines is 1. The van der Waals surface area contributed by atoms with Crippen molar-refractivity contribution in [1.82, 2.24) is 9.97 Å². The average molecular weight is 283 g/mol. The number of para-hydroxylation sites is 1. The molecule has 0 saturated heterocycles. The maximum absolute atomic E-state index is 6.00. The van der Waals surface area contributed by atoms with Crippen LogP contribution in [0.5, 0.6) is 5.75 Å². The summed E-state index contributed by atoms with van der Waals surface area (Å²) in [4.78, 5) is 9.37. The van der Waals surface area contributed by atoms with Crippen molar-refractivity contribution in [1.29, 1.82) is 0 Å². The smallest absolute Gasteiger partial charge is 0.172 e. The van der Waals surface area contributed by atoms with Crippen LogP contribution in [0.2, 0.25) is 0 Å². The number of rotatable bonds is 2. The van der Waals surface area contributed by atoms with Gasteiger partial charge in [0.05, 0.1) is 18.9 Å². The Morgan fingerprint density at radius 1 is 1.24 bits per heavy atom. The molecule has 1 atom stereocenters. The Labute approximate surface area is 123 Å². The van der Waals surface area contributed by atoms with Gasteiger partial charge < -0.3 is 14.8 Å². The highest BCUT2D eigenvalue weighted by atomic mass is 16.5. The standard InChI is InChI=1S/C16H17N3O2/c1-17-15-11-9-20-7-6-12(11)18-16(19-15)14-8-10-4-2-3-5-13(10)21-14/h2-5,14H,6-9H2,1H3,(H,17,18,19). The average Bonchev–Trinajstić information content (AvgIpc) is 2.98. The molecule has 4 rings (SSSR count). The highest BCUT2D eigenvalue weighted by molar-refractivity contribution is 5.47. The number of nitrogens with one attached hydrogen (secondary N) is 1. The van der Waals surface area contributed by atoms with Crippen LogP contribution in [0.3, 0.4) is 0 Å². The summed E-state index contributed by atoms with van der Waals surface area (Å²) in [5.41, 5.74) is 3.37. The van der Waals surface area contributed by atoms with Crippen LogP contribution in [0.4, 0.5) is 5.82 Å². The molecule has 3 heterocycles. The second-order valence-electron chi connectivity index (χ2n) is 5.33. The fourth-order valence-electron chi connectivity index (χ4n) is 2.93. The van der Waals surface area contributed by atoms with E-state index >= 15 is 0 Å². The van der Waals surface area contributed by atoms with E-state index in [-0.39, 0.29) is 6.10 Å². The molecule has 0 saturated carbocycles. The minimum absolute atomic E-state index is 0.0948. The molecule has 0 spiro atoms. The molecular formula is C16H17N3O2. The Kier molecular flexibility index (Phi) is 3.00. The summed E-state index contributed by atoms with van der Waals surface area (Å²) in [7, 11) is 1.88. The van der Waals surface area contributed by atoms with Crippen LogP contribution < -0.4 is 10.1 Å². The zero-order valence-corrected chi connectivity index (χ0v) is 11.9. The molecule has 0 radical (unpaired) electrons. The Morgan fingerprint density at radius 3 is 3.00 bits per heavy atom. The molecule has 0 amide bonds. The third kappa shape index (κ3) is 2.14. The van der Waals surface area contributed by atoms with Crippen LogP contribution in [-0.4, -0.2) is 23.6 Å². The van der Waals surface area contributed by atoms with Gasteiger partial charge in [0.25, 0.3) is 0 Å². The van der Waals surface area contributed by atoms with Gasteiger partial charge in [0.2, 0.25) is 0 Å². The van der Waals surface area contributed by atoms with Crippen LogP contribution in [0.15, 0.2) is 24.3 Å². The van der Waals surface area contributed by atoms with Gasteiger partial charge in [-0.15, -0.1) is 0 Å².